The van der Waals surface area contributed by atoms with Crippen LogP contribution in [0.4, 0.5) is 11.4 Å². The van der Waals surface area contributed by atoms with Crippen molar-refractivity contribution in [2.45, 2.75) is 6.92 Å². The van der Waals surface area contributed by atoms with Gasteiger partial charge in [-0.3, -0.25) is 14.9 Å². The molecule has 2 N–H and O–H groups in total. The lowest BCUT2D eigenvalue weighted by atomic mass is 10.2. The van der Waals surface area contributed by atoms with E-state index in [1.807, 2.05) is 0 Å². The number of phenols is 1. The molecular weight excluding hydrogens is 254 g/mol. The van der Waals surface area contributed by atoms with Crippen molar-refractivity contribution in [2.75, 3.05) is 5.32 Å². The van der Waals surface area contributed by atoms with Crippen molar-refractivity contribution < 1.29 is 19.2 Å². The molecule has 2 aromatic rings. The van der Waals surface area contributed by atoms with Gasteiger partial charge in [0.25, 0.3) is 11.6 Å². The molecule has 0 aliphatic heterocycles. The molecule has 1 amide bonds. The van der Waals surface area contributed by atoms with E-state index in [9.17, 15) is 20.0 Å². The van der Waals surface area contributed by atoms with Gasteiger partial charge >= 0.3 is 0 Å². The van der Waals surface area contributed by atoms with Crippen LogP contribution in [0.15, 0.2) is 29.0 Å². The lowest BCUT2D eigenvalue weighted by Crippen LogP contribution is -2.12. The average molecular weight is 263 g/mol. The summed E-state index contributed by atoms with van der Waals surface area (Å²) in [6.07, 6.45) is 1.11. The number of phenolic OH excluding ortho intramolecular Hbond substituents is 1. The molecule has 0 aliphatic carbocycles. The van der Waals surface area contributed by atoms with E-state index in [0.29, 0.717) is 5.69 Å². The number of hydrogen-bond acceptors (Lipinski definition) is 6. The molecule has 0 spiro atoms. The molecule has 8 heteroatoms. The second-order valence-electron chi connectivity index (χ2n) is 3.68. The van der Waals surface area contributed by atoms with Crippen molar-refractivity contribution in [3.63, 3.8) is 0 Å². The number of anilines is 1. The molecule has 1 aromatic carbocycles. The molecule has 0 radical (unpaired) electrons. The van der Waals surface area contributed by atoms with Crippen molar-refractivity contribution in [2.24, 2.45) is 0 Å². The Morgan fingerprint density at radius 2 is 2.26 bits per heavy atom. The third-order valence-corrected chi connectivity index (χ3v) is 2.39. The van der Waals surface area contributed by atoms with Gasteiger partial charge < -0.3 is 14.8 Å². The Balaban J connectivity index is 2.28. The average Bonchev–Trinajstić information content (AvgIpc) is 2.78. The van der Waals surface area contributed by atoms with Gasteiger partial charge in [-0.1, -0.05) is 0 Å². The molecule has 0 fully saturated rings. The summed E-state index contributed by atoms with van der Waals surface area (Å²) in [7, 11) is 0. The van der Waals surface area contributed by atoms with Crippen LogP contribution in [0.3, 0.4) is 0 Å². The van der Waals surface area contributed by atoms with Crippen molar-refractivity contribution in [3.05, 3.63) is 46.2 Å². The molecule has 1 heterocycles. The van der Waals surface area contributed by atoms with E-state index in [2.05, 4.69) is 10.3 Å². The van der Waals surface area contributed by atoms with E-state index in [0.717, 1.165) is 24.6 Å². The summed E-state index contributed by atoms with van der Waals surface area (Å²) in [4.78, 5) is 25.5. The normalized spacial score (nSPS) is 10.2. The largest absolute Gasteiger partial charge is 0.506 e. The van der Waals surface area contributed by atoms with Crippen LogP contribution in [0, 0.1) is 17.0 Å². The Hall–Kier alpha value is -2.90. The monoisotopic (exact) mass is 263 g/mol. The van der Waals surface area contributed by atoms with Gasteiger partial charge in [-0.05, 0) is 13.0 Å². The highest BCUT2D eigenvalue weighted by Crippen LogP contribution is 2.28. The lowest BCUT2D eigenvalue weighted by Gasteiger charge is -2.05. The first-order valence-corrected chi connectivity index (χ1v) is 5.18. The zero-order valence-electron chi connectivity index (χ0n) is 9.78. The molecule has 0 aliphatic rings. The van der Waals surface area contributed by atoms with Crippen molar-refractivity contribution in [1.82, 2.24) is 4.98 Å². The Labute approximate surface area is 106 Å². The highest BCUT2D eigenvalue weighted by atomic mass is 16.6. The minimum Gasteiger partial charge on any atom is -0.506 e. The fraction of sp³-hybridized carbons (Fsp3) is 0.0909. The molecule has 0 saturated heterocycles. The molecule has 1 aromatic heterocycles. The summed E-state index contributed by atoms with van der Waals surface area (Å²) >= 11 is 0. The van der Waals surface area contributed by atoms with Crippen LogP contribution in [-0.2, 0) is 0 Å². The second kappa shape index (κ2) is 4.77. The summed E-state index contributed by atoms with van der Waals surface area (Å²) in [6, 6.07) is 3.31. The van der Waals surface area contributed by atoms with Crippen molar-refractivity contribution >= 4 is 17.3 Å². The minimum atomic E-state index is -0.647. The van der Waals surface area contributed by atoms with Gasteiger partial charge in [-0.2, -0.15) is 0 Å². The number of non-ortho nitro benzene ring substituents is 1. The topological polar surface area (TPSA) is 119 Å². The number of rotatable bonds is 3. The van der Waals surface area contributed by atoms with Gasteiger partial charge in [0.15, 0.2) is 6.39 Å². The smallest absolute Gasteiger partial charge is 0.293 e. The first-order valence-electron chi connectivity index (χ1n) is 5.18. The molecule has 8 nitrogen and oxygen atoms in total. The molecule has 98 valence electrons. The zero-order chi connectivity index (χ0) is 14.0. The first-order chi connectivity index (χ1) is 8.99. The second-order valence-corrected chi connectivity index (χ2v) is 3.68. The molecule has 0 atom stereocenters. The minimum absolute atomic E-state index is 0.0223. The van der Waals surface area contributed by atoms with Crippen LogP contribution in [0.25, 0.3) is 0 Å². The highest BCUT2D eigenvalue weighted by molar-refractivity contribution is 6.03. The van der Waals surface area contributed by atoms with Crippen LogP contribution >= 0.6 is 0 Å². The Bertz CT molecular complexity index is 650. The van der Waals surface area contributed by atoms with Gasteiger partial charge in [0.05, 0.1) is 16.3 Å². The number of nitrogens with zero attached hydrogens (tertiary/aromatic N) is 2. The summed E-state index contributed by atoms with van der Waals surface area (Å²) < 4.78 is 4.88. The van der Waals surface area contributed by atoms with E-state index in [4.69, 9.17) is 4.42 Å². The van der Waals surface area contributed by atoms with Crippen LogP contribution < -0.4 is 5.32 Å². The van der Waals surface area contributed by atoms with E-state index < -0.39 is 10.8 Å². The van der Waals surface area contributed by atoms with Crippen molar-refractivity contribution in [3.8, 4) is 5.75 Å². The first kappa shape index (κ1) is 12.6. The summed E-state index contributed by atoms with van der Waals surface area (Å²) in [5.74, 6) is -0.951. The van der Waals surface area contributed by atoms with E-state index in [-0.39, 0.29) is 22.9 Å². The maximum absolute atomic E-state index is 11.8. The number of nitro groups is 1. The van der Waals surface area contributed by atoms with E-state index in [1.165, 1.54) is 0 Å². The molecule has 19 heavy (non-hydrogen) atoms. The van der Waals surface area contributed by atoms with Gasteiger partial charge in [0.2, 0.25) is 5.76 Å². The van der Waals surface area contributed by atoms with Gasteiger partial charge in [0.1, 0.15) is 5.75 Å². The Morgan fingerprint density at radius 3 is 2.84 bits per heavy atom. The van der Waals surface area contributed by atoms with Crippen LogP contribution in [0.5, 0.6) is 5.75 Å². The third-order valence-electron chi connectivity index (χ3n) is 2.39. The number of nitrogens with one attached hydrogen (secondary N) is 1. The highest BCUT2D eigenvalue weighted by Gasteiger charge is 2.17. The van der Waals surface area contributed by atoms with Crippen LogP contribution in [0.2, 0.25) is 0 Å². The molecule has 2 rings (SSSR count). The van der Waals surface area contributed by atoms with Gasteiger partial charge in [-0.25, -0.2) is 4.98 Å². The van der Waals surface area contributed by atoms with Gasteiger partial charge in [0, 0.05) is 12.1 Å². The molecule has 0 bridgehead atoms. The Kier molecular flexibility index (Phi) is 3.15. The fourth-order valence-electron chi connectivity index (χ4n) is 1.44. The Morgan fingerprint density at radius 1 is 1.53 bits per heavy atom. The van der Waals surface area contributed by atoms with E-state index in [1.54, 1.807) is 6.92 Å². The number of aryl methyl sites for hydroxylation is 1. The number of carbonyl (C=O) groups excluding carboxylic acids is 1. The quantitative estimate of drug-likeness (QED) is 0.495. The van der Waals surface area contributed by atoms with Gasteiger partial charge in [-0.15, -0.1) is 0 Å². The predicted octanol–water partition coefficient (Wildman–Crippen LogP) is 1.85. The van der Waals surface area contributed by atoms with Crippen LogP contribution in [-0.4, -0.2) is 20.9 Å². The number of aromatic nitrogens is 1. The molecular formula is C11H9N3O5. The maximum atomic E-state index is 11.8. The predicted molar refractivity (Wildman–Crippen MR) is 64.0 cm³/mol. The number of aromatic hydroxyl groups is 1. The zero-order valence-corrected chi connectivity index (χ0v) is 9.78. The maximum Gasteiger partial charge on any atom is 0.293 e. The number of oxazole rings is 1. The summed E-state index contributed by atoms with van der Waals surface area (Å²) in [6.45, 7) is 1.58. The number of hydrogen-bond donors (Lipinski definition) is 2. The van der Waals surface area contributed by atoms with Crippen molar-refractivity contribution in [1.29, 1.82) is 0 Å². The molecule has 0 unspecified atom stereocenters. The van der Waals surface area contributed by atoms with E-state index >= 15 is 0 Å². The standard InChI is InChI=1S/C11H9N3O5/c1-6-10(19-5-12-6)11(16)13-8-4-7(14(17)18)2-3-9(8)15/h2-5,15H,1H3,(H,13,16). The number of benzene rings is 1. The summed E-state index contributed by atoms with van der Waals surface area (Å²) in [5.41, 5.74) is 0.0554. The third kappa shape index (κ3) is 2.51. The summed E-state index contributed by atoms with van der Waals surface area (Å²) in [5, 5.41) is 22.5. The SMILES string of the molecule is Cc1ncoc1C(=O)Nc1cc([N+](=O)[O-])ccc1O. The number of carbonyl (C=O) groups is 1. The molecule has 0 saturated carbocycles. The number of nitro benzene ring substituents is 1. The lowest BCUT2D eigenvalue weighted by molar-refractivity contribution is -0.384. The number of amides is 1. The fourth-order valence-corrected chi connectivity index (χ4v) is 1.44. The van der Waals surface area contributed by atoms with Crippen LogP contribution in [0.1, 0.15) is 16.2 Å².